The number of amides is 1. The first kappa shape index (κ1) is 19.1. The molecule has 1 aliphatic heterocycles. The second-order valence-electron chi connectivity index (χ2n) is 6.81. The molecule has 0 aliphatic carbocycles. The molecule has 0 saturated carbocycles. The third-order valence-corrected chi connectivity index (χ3v) is 4.76. The molecule has 27 heavy (non-hydrogen) atoms. The van der Waals surface area contributed by atoms with E-state index >= 15 is 0 Å². The minimum Gasteiger partial charge on any atom is -0.493 e. The third kappa shape index (κ3) is 4.54. The summed E-state index contributed by atoms with van der Waals surface area (Å²) in [5.74, 6) is 2.09. The fourth-order valence-electron chi connectivity index (χ4n) is 3.20. The van der Waals surface area contributed by atoms with Crippen molar-refractivity contribution < 1.29 is 19.0 Å². The zero-order chi connectivity index (χ0) is 19.2. The van der Waals surface area contributed by atoms with Gasteiger partial charge in [0.1, 0.15) is 12.4 Å². The van der Waals surface area contributed by atoms with Gasteiger partial charge in [0.15, 0.2) is 11.5 Å². The van der Waals surface area contributed by atoms with Crippen molar-refractivity contribution in [2.45, 2.75) is 32.7 Å². The Hall–Kier alpha value is -2.69. The molecule has 3 rings (SSSR count). The smallest absolute Gasteiger partial charge is 0.227 e. The zero-order valence-electron chi connectivity index (χ0n) is 16.2. The van der Waals surface area contributed by atoms with Gasteiger partial charge in [-0.2, -0.15) is 0 Å². The summed E-state index contributed by atoms with van der Waals surface area (Å²) < 4.78 is 16.9. The highest BCUT2D eigenvalue weighted by molar-refractivity contribution is 5.80. The van der Waals surface area contributed by atoms with Crippen LogP contribution in [-0.2, 0) is 11.2 Å². The van der Waals surface area contributed by atoms with Gasteiger partial charge in [-0.05, 0) is 49.1 Å². The maximum Gasteiger partial charge on any atom is 0.227 e. The SMILES string of the molecule is CCCOc1ccc([C@@H](C)NC(=O)[C@H]2COc3ccccc3C2)cc1OC. The summed E-state index contributed by atoms with van der Waals surface area (Å²) in [4.78, 5) is 12.7. The van der Waals surface area contributed by atoms with Gasteiger partial charge < -0.3 is 19.5 Å². The first-order valence-electron chi connectivity index (χ1n) is 9.44. The maximum atomic E-state index is 12.7. The molecule has 0 bridgehead atoms. The normalized spacial score (nSPS) is 16.6. The van der Waals surface area contributed by atoms with Crippen LogP contribution in [0.3, 0.4) is 0 Å². The number of ether oxygens (including phenoxy) is 3. The number of hydrogen-bond donors (Lipinski definition) is 1. The number of carbonyl (C=O) groups excluding carboxylic acids is 1. The molecule has 0 spiro atoms. The Morgan fingerprint density at radius 2 is 2.07 bits per heavy atom. The minimum absolute atomic E-state index is 0.00211. The molecule has 2 aromatic rings. The van der Waals surface area contributed by atoms with Crippen molar-refractivity contribution in [3.63, 3.8) is 0 Å². The Bertz CT molecular complexity index is 790. The molecule has 0 radical (unpaired) electrons. The van der Waals surface area contributed by atoms with E-state index in [2.05, 4.69) is 12.2 Å². The Balaban J connectivity index is 1.64. The van der Waals surface area contributed by atoms with E-state index in [-0.39, 0.29) is 17.9 Å². The lowest BCUT2D eigenvalue weighted by molar-refractivity contribution is -0.126. The minimum atomic E-state index is -0.184. The average Bonchev–Trinajstić information content (AvgIpc) is 2.71. The summed E-state index contributed by atoms with van der Waals surface area (Å²) in [6.07, 6.45) is 1.63. The van der Waals surface area contributed by atoms with E-state index in [1.807, 2.05) is 49.4 Å². The van der Waals surface area contributed by atoms with Crippen LogP contribution in [0.25, 0.3) is 0 Å². The fourth-order valence-corrected chi connectivity index (χ4v) is 3.20. The molecule has 0 unspecified atom stereocenters. The van der Waals surface area contributed by atoms with Gasteiger partial charge in [-0.3, -0.25) is 4.79 Å². The van der Waals surface area contributed by atoms with Gasteiger partial charge in [-0.15, -0.1) is 0 Å². The number of benzene rings is 2. The summed E-state index contributed by atoms with van der Waals surface area (Å²) in [6, 6.07) is 13.5. The molecule has 2 atom stereocenters. The molecule has 0 aromatic heterocycles. The molecular weight excluding hydrogens is 342 g/mol. The standard InChI is InChI=1S/C22H27NO4/c1-4-11-26-20-10-9-16(13-21(20)25-3)15(2)23-22(24)18-12-17-7-5-6-8-19(17)27-14-18/h5-10,13,15,18H,4,11-12,14H2,1-3H3,(H,23,24)/t15-,18-/m1/s1. The number of carbonyl (C=O) groups is 1. The lowest BCUT2D eigenvalue weighted by atomic mass is 9.95. The van der Waals surface area contributed by atoms with Crippen molar-refractivity contribution in [3.05, 3.63) is 53.6 Å². The summed E-state index contributed by atoms with van der Waals surface area (Å²) in [7, 11) is 1.62. The first-order chi connectivity index (χ1) is 13.1. The highest BCUT2D eigenvalue weighted by atomic mass is 16.5. The van der Waals surface area contributed by atoms with Crippen molar-refractivity contribution in [1.29, 1.82) is 0 Å². The Morgan fingerprint density at radius 1 is 1.26 bits per heavy atom. The lowest BCUT2D eigenvalue weighted by Crippen LogP contribution is -2.38. The molecule has 1 N–H and O–H groups in total. The van der Waals surface area contributed by atoms with Gasteiger partial charge in [0.05, 0.1) is 25.7 Å². The molecule has 144 valence electrons. The fraction of sp³-hybridized carbons (Fsp3) is 0.409. The van der Waals surface area contributed by atoms with Crippen LogP contribution in [0.1, 0.15) is 37.4 Å². The second kappa shape index (κ2) is 8.80. The van der Waals surface area contributed by atoms with Crippen LogP contribution in [0.15, 0.2) is 42.5 Å². The van der Waals surface area contributed by atoms with Crippen LogP contribution in [0.4, 0.5) is 0 Å². The van der Waals surface area contributed by atoms with E-state index in [9.17, 15) is 4.79 Å². The molecule has 1 aliphatic rings. The highest BCUT2D eigenvalue weighted by Gasteiger charge is 2.27. The third-order valence-electron chi connectivity index (χ3n) is 4.76. The summed E-state index contributed by atoms with van der Waals surface area (Å²) in [5.41, 5.74) is 2.05. The number of rotatable bonds is 7. The van der Waals surface area contributed by atoms with E-state index in [1.54, 1.807) is 7.11 Å². The zero-order valence-corrected chi connectivity index (χ0v) is 16.2. The Labute approximate surface area is 160 Å². The van der Waals surface area contributed by atoms with E-state index in [0.29, 0.717) is 25.4 Å². The van der Waals surface area contributed by atoms with E-state index in [4.69, 9.17) is 14.2 Å². The van der Waals surface area contributed by atoms with Crippen molar-refractivity contribution in [1.82, 2.24) is 5.32 Å². The van der Waals surface area contributed by atoms with E-state index < -0.39 is 0 Å². The van der Waals surface area contributed by atoms with Gasteiger partial charge in [0, 0.05) is 0 Å². The van der Waals surface area contributed by atoms with Gasteiger partial charge in [-0.25, -0.2) is 0 Å². The monoisotopic (exact) mass is 369 g/mol. The molecule has 1 heterocycles. The Morgan fingerprint density at radius 3 is 2.85 bits per heavy atom. The molecule has 5 nitrogen and oxygen atoms in total. The number of fused-ring (bicyclic) bond motifs is 1. The molecule has 0 saturated heterocycles. The number of para-hydroxylation sites is 1. The molecule has 2 aromatic carbocycles. The number of hydrogen-bond acceptors (Lipinski definition) is 4. The predicted molar refractivity (Wildman–Crippen MR) is 104 cm³/mol. The van der Waals surface area contributed by atoms with Crippen LogP contribution < -0.4 is 19.5 Å². The largest absolute Gasteiger partial charge is 0.493 e. The van der Waals surface area contributed by atoms with Crippen LogP contribution in [0.5, 0.6) is 17.2 Å². The highest BCUT2D eigenvalue weighted by Crippen LogP contribution is 2.31. The number of nitrogens with one attached hydrogen (secondary N) is 1. The van der Waals surface area contributed by atoms with E-state index in [1.165, 1.54) is 0 Å². The molecule has 0 fully saturated rings. The average molecular weight is 369 g/mol. The van der Waals surface area contributed by atoms with Gasteiger partial charge >= 0.3 is 0 Å². The van der Waals surface area contributed by atoms with Gasteiger partial charge in [0.25, 0.3) is 0 Å². The summed E-state index contributed by atoms with van der Waals surface area (Å²) in [6.45, 7) is 5.08. The van der Waals surface area contributed by atoms with Crippen LogP contribution in [0, 0.1) is 5.92 Å². The van der Waals surface area contributed by atoms with Crippen molar-refractivity contribution in [2.24, 2.45) is 5.92 Å². The molecule has 5 heteroatoms. The van der Waals surface area contributed by atoms with Gasteiger partial charge in [-0.1, -0.05) is 31.2 Å². The van der Waals surface area contributed by atoms with E-state index in [0.717, 1.165) is 29.0 Å². The van der Waals surface area contributed by atoms with Crippen molar-refractivity contribution in [2.75, 3.05) is 20.3 Å². The maximum absolute atomic E-state index is 12.7. The topological polar surface area (TPSA) is 56.8 Å². The summed E-state index contributed by atoms with van der Waals surface area (Å²) >= 11 is 0. The molecular formula is C22H27NO4. The molecule has 1 amide bonds. The summed E-state index contributed by atoms with van der Waals surface area (Å²) in [5, 5.41) is 3.10. The quantitative estimate of drug-likeness (QED) is 0.804. The first-order valence-corrected chi connectivity index (χ1v) is 9.44. The van der Waals surface area contributed by atoms with Crippen molar-refractivity contribution >= 4 is 5.91 Å². The van der Waals surface area contributed by atoms with Crippen LogP contribution in [0.2, 0.25) is 0 Å². The van der Waals surface area contributed by atoms with Crippen LogP contribution in [-0.4, -0.2) is 26.2 Å². The number of methoxy groups -OCH3 is 1. The predicted octanol–water partition coefficient (Wildman–Crippen LogP) is 3.91. The van der Waals surface area contributed by atoms with Crippen molar-refractivity contribution in [3.8, 4) is 17.2 Å². The van der Waals surface area contributed by atoms with Gasteiger partial charge in [0.2, 0.25) is 5.91 Å². The Kier molecular flexibility index (Phi) is 6.22. The van der Waals surface area contributed by atoms with Crippen LogP contribution >= 0.6 is 0 Å². The second-order valence-corrected chi connectivity index (χ2v) is 6.81. The lowest BCUT2D eigenvalue weighted by Gasteiger charge is -2.26.